The van der Waals surface area contributed by atoms with E-state index >= 15 is 0 Å². The third kappa shape index (κ3) is 31.5. The number of rotatable bonds is 36. The van der Waals surface area contributed by atoms with Gasteiger partial charge in [0.25, 0.3) is 0 Å². The molecule has 12 nitrogen and oxygen atoms in total. The standard InChI is InChI=1S/C48H80NO11P/c1-6-8-10-11-12-13-14-15-16-17-18-19-20-21-22-23-29-33-48(54)60-42(40-59-61(55,56)58-37-36-49(3,4)5)39-57-47(53)32-28-25-24-27-31-43-44(46(52)38-45(43)51)35-34-41(50)30-26-9-7-2/h8,10,12-13,15-16,18-19,21-22,34-35,41-45,50-51H,6-7,9,11,14,17,20,23-33,36-40H2,1-5H3/p+1/b10-8-,13-12-,16-15-,19-18-,22-21-,35-34+/t41-,42+,43+,44+,45-/m0/s1. The lowest BCUT2D eigenvalue weighted by Gasteiger charge is -2.24. The monoisotopic (exact) mass is 879 g/mol. The Morgan fingerprint density at radius 2 is 1.39 bits per heavy atom. The molecule has 0 radical (unpaired) electrons. The van der Waals surface area contributed by atoms with E-state index in [0.29, 0.717) is 43.1 Å². The minimum Gasteiger partial charge on any atom is -0.462 e. The van der Waals surface area contributed by atoms with Gasteiger partial charge in [-0.1, -0.05) is 125 Å². The molecule has 348 valence electrons. The van der Waals surface area contributed by atoms with Gasteiger partial charge in [0.15, 0.2) is 6.10 Å². The lowest BCUT2D eigenvalue weighted by Crippen LogP contribution is -2.37. The van der Waals surface area contributed by atoms with Gasteiger partial charge in [-0.05, 0) is 70.1 Å². The van der Waals surface area contributed by atoms with Crippen molar-refractivity contribution in [2.45, 2.75) is 154 Å². The topological polar surface area (TPSA) is 166 Å². The number of phosphoric ester groups is 1. The second-order valence-corrected chi connectivity index (χ2v) is 18.3. The summed E-state index contributed by atoms with van der Waals surface area (Å²) in [6.45, 7) is 3.85. The first-order valence-corrected chi connectivity index (χ1v) is 24.3. The van der Waals surface area contributed by atoms with Crippen molar-refractivity contribution in [3.05, 3.63) is 72.9 Å². The molecule has 1 fully saturated rings. The minimum atomic E-state index is -4.46. The molecule has 1 aliphatic rings. The zero-order valence-electron chi connectivity index (χ0n) is 38.1. The van der Waals surface area contributed by atoms with Gasteiger partial charge in [0.2, 0.25) is 0 Å². The Morgan fingerprint density at radius 3 is 2.02 bits per heavy atom. The maximum absolute atomic E-state index is 12.7. The van der Waals surface area contributed by atoms with Crippen LogP contribution in [0.1, 0.15) is 136 Å². The highest BCUT2D eigenvalue weighted by atomic mass is 31.2. The van der Waals surface area contributed by atoms with E-state index in [1.165, 1.54) is 0 Å². The molecule has 0 aliphatic heterocycles. The van der Waals surface area contributed by atoms with Crippen LogP contribution in [0.25, 0.3) is 0 Å². The Kier molecular flexibility index (Phi) is 31.7. The van der Waals surface area contributed by atoms with Crippen LogP contribution in [-0.4, -0.2) is 103 Å². The number of aliphatic hydroxyl groups excluding tert-OH is 2. The maximum atomic E-state index is 12.7. The van der Waals surface area contributed by atoms with Gasteiger partial charge in [-0.3, -0.25) is 23.4 Å². The molecular weight excluding hydrogens is 797 g/mol. The molecular formula is C48H81NO11P+. The summed E-state index contributed by atoms with van der Waals surface area (Å²) in [7, 11) is 1.30. The number of unbranched alkanes of at least 4 members (excludes halogenated alkanes) is 6. The number of hydrogen-bond donors (Lipinski definition) is 3. The summed E-state index contributed by atoms with van der Waals surface area (Å²) in [5.74, 6) is -1.61. The van der Waals surface area contributed by atoms with Crippen LogP contribution in [0.3, 0.4) is 0 Å². The van der Waals surface area contributed by atoms with Crippen molar-refractivity contribution < 1.29 is 57.1 Å². The SMILES string of the molecule is CC/C=C\C/C=C\C/C=C\C/C=C\C/C=C\CCCC(=O)O[C@H](COC(=O)CCCCCC[C@H]1[C@@H](O)CC(=O)[C@@H]1/C=C/[C@@H](O)CCCCC)COP(=O)(O)OCC[N+](C)(C)C. The molecule has 1 unspecified atom stereocenters. The summed E-state index contributed by atoms with van der Waals surface area (Å²) >= 11 is 0. The first-order valence-electron chi connectivity index (χ1n) is 22.8. The van der Waals surface area contributed by atoms with Crippen LogP contribution in [0.15, 0.2) is 72.9 Å². The zero-order valence-corrected chi connectivity index (χ0v) is 39.0. The fourth-order valence-corrected chi connectivity index (χ4v) is 7.28. The minimum absolute atomic E-state index is 0.00201. The van der Waals surface area contributed by atoms with Gasteiger partial charge in [0, 0.05) is 25.2 Å². The molecule has 13 heteroatoms. The number of Topliss-reactive ketones (excluding diaryl/α,β-unsaturated/α-hetero) is 1. The third-order valence-corrected chi connectivity index (χ3v) is 11.1. The Hall–Kier alpha value is -2.96. The maximum Gasteiger partial charge on any atom is 0.472 e. The number of quaternary nitrogens is 1. The number of esters is 2. The number of ketones is 1. The third-order valence-electron chi connectivity index (χ3n) is 10.1. The Labute approximate surface area is 368 Å². The van der Waals surface area contributed by atoms with Gasteiger partial charge in [-0.25, -0.2) is 4.57 Å². The second kappa shape index (κ2) is 34.5. The molecule has 0 spiro atoms. The molecule has 3 N–H and O–H groups in total. The van der Waals surface area contributed by atoms with Gasteiger partial charge in [-0.2, -0.15) is 0 Å². The molecule has 0 bridgehead atoms. The van der Waals surface area contributed by atoms with Crippen LogP contribution in [0.2, 0.25) is 0 Å². The van der Waals surface area contributed by atoms with Crippen LogP contribution in [0.5, 0.6) is 0 Å². The van der Waals surface area contributed by atoms with E-state index in [2.05, 4.69) is 62.5 Å². The molecule has 0 amide bonds. The molecule has 1 saturated carbocycles. The molecule has 0 aromatic heterocycles. The van der Waals surface area contributed by atoms with E-state index < -0.39 is 50.6 Å². The Morgan fingerprint density at radius 1 is 0.787 bits per heavy atom. The fraction of sp³-hybridized carbons (Fsp3) is 0.688. The summed E-state index contributed by atoms with van der Waals surface area (Å²) in [4.78, 5) is 48.1. The summed E-state index contributed by atoms with van der Waals surface area (Å²) in [5.41, 5.74) is 0. The van der Waals surface area contributed by atoms with Gasteiger partial charge < -0.3 is 29.1 Å². The first-order chi connectivity index (χ1) is 29.2. The highest BCUT2D eigenvalue weighted by Crippen LogP contribution is 2.43. The normalized spacial score (nSPS) is 19.7. The zero-order chi connectivity index (χ0) is 45.2. The largest absolute Gasteiger partial charge is 0.472 e. The van der Waals surface area contributed by atoms with Gasteiger partial charge >= 0.3 is 19.8 Å². The van der Waals surface area contributed by atoms with Crippen molar-refractivity contribution in [1.29, 1.82) is 0 Å². The molecule has 0 aromatic carbocycles. The lowest BCUT2D eigenvalue weighted by atomic mass is 9.88. The molecule has 61 heavy (non-hydrogen) atoms. The van der Waals surface area contributed by atoms with Crippen LogP contribution < -0.4 is 0 Å². The van der Waals surface area contributed by atoms with Crippen molar-refractivity contribution in [1.82, 2.24) is 0 Å². The highest BCUT2D eigenvalue weighted by Gasteiger charge is 2.39. The predicted molar refractivity (Wildman–Crippen MR) is 243 cm³/mol. The van der Waals surface area contributed by atoms with Gasteiger partial charge in [-0.15, -0.1) is 0 Å². The van der Waals surface area contributed by atoms with Crippen molar-refractivity contribution in [3.8, 4) is 0 Å². The number of aliphatic hydroxyl groups is 2. The second-order valence-electron chi connectivity index (χ2n) is 16.8. The van der Waals surface area contributed by atoms with Crippen molar-refractivity contribution in [3.63, 3.8) is 0 Å². The highest BCUT2D eigenvalue weighted by molar-refractivity contribution is 7.47. The quantitative estimate of drug-likeness (QED) is 0.0180. The van der Waals surface area contributed by atoms with E-state index in [-0.39, 0.29) is 44.2 Å². The fourth-order valence-electron chi connectivity index (χ4n) is 6.54. The van der Waals surface area contributed by atoms with Crippen LogP contribution in [0.4, 0.5) is 0 Å². The van der Waals surface area contributed by atoms with Gasteiger partial charge in [0.1, 0.15) is 25.5 Å². The molecule has 0 heterocycles. The Balaban J connectivity index is 2.51. The van der Waals surface area contributed by atoms with Crippen molar-refractivity contribution >= 4 is 25.5 Å². The van der Waals surface area contributed by atoms with E-state index in [4.69, 9.17) is 18.5 Å². The average molecular weight is 879 g/mol. The smallest absolute Gasteiger partial charge is 0.462 e. The van der Waals surface area contributed by atoms with Crippen LogP contribution in [-0.2, 0) is 37.5 Å². The van der Waals surface area contributed by atoms with E-state index in [1.807, 2.05) is 33.3 Å². The van der Waals surface area contributed by atoms with Crippen LogP contribution in [0, 0.1) is 11.8 Å². The number of allylic oxidation sites excluding steroid dienone is 11. The molecule has 0 saturated heterocycles. The number of nitrogens with zero attached hydrogens (tertiary/aromatic N) is 1. The molecule has 1 aliphatic carbocycles. The molecule has 6 atom stereocenters. The van der Waals surface area contributed by atoms with Crippen LogP contribution >= 0.6 is 7.82 Å². The number of ether oxygens (including phenoxy) is 2. The predicted octanol–water partition coefficient (Wildman–Crippen LogP) is 9.61. The summed E-state index contributed by atoms with van der Waals surface area (Å²) < 4.78 is 34.2. The van der Waals surface area contributed by atoms with Crippen molar-refractivity contribution in [2.24, 2.45) is 11.8 Å². The number of carbonyl (C=O) groups is 3. The van der Waals surface area contributed by atoms with E-state index in [1.54, 1.807) is 12.2 Å². The van der Waals surface area contributed by atoms with E-state index in [0.717, 1.165) is 70.6 Å². The molecule has 1 rings (SSSR count). The average Bonchev–Trinajstić information content (AvgIpc) is 3.47. The number of likely N-dealkylation sites (N-methyl/N-ethyl adjacent to an activating group) is 1. The number of carbonyl (C=O) groups excluding carboxylic acids is 3. The van der Waals surface area contributed by atoms with E-state index in [9.17, 15) is 34.1 Å². The number of phosphoric acid groups is 1. The summed E-state index contributed by atoms with van der Waals surface area (Å²) in [6.07, 6.45) is 35.8. The molecule has 0 aromatic rings. The van der Waals surface area contributed by atoms with Gasteiger partial charge in [0.05, 0.1) is 40.0 Å². The van der Waals surface area contributed by atoms with Crippen molar-refractivity contribution in [2.75, 3.05) is 47.5 Å². The number of hydrogen-bond acceptors (Lipinski definition) is 10. The summed E-state index contributed by atoms with van der Waals surface area (Å²) in [6, 6.07) is 0. The summed E-state index contributed by atoms with van der Waals surface area (Å²) in [5, 5.41) is 20.8. The first kappa shape index (κ1) is 56.1. The Bertz CT molecular complexity index is 1430. The lowest BCUT2D eigenvalue weighted by molar-refractivity contribution is -0.870.